The summed E-state index contributed by atoms with van der Waals surface area (Å²) in [6, 6.07) is 9.02. The third-order valence-electron chi connectivity index (χ3n) is 3.61. The van der Waals surface area contributed by atoms with E-state index in [1.807, 2.05) is 19.2 Å². The molecule has 0 spiro atoms. The lowest BCUT2D eigenvalue weighted by atomic mass is 10.0. The molecule has 0 radical (unpaired) electrons. The van der Waals surface area contributed by atoms with Gasteiger partial charge in [-0.05, 0) is 30.2 Å². The molecule has 0 amide bonds. The monoisotopic (exact) mass is 205 g/mol. The first-order valence-electron chi connectivity index (χ1n) is 5.42. The van der Waals surface area contributed by atoms with Gasteiger partial charge in [0.1, 0.15) is 5.75 Å². The van der Waals surface area contributed by atoms with Gasteiger partial charge in [0.25, 0.3) is 0 Å². The van der Waals surface area contributed by atoms with E-state index in [1.165, 1.54) is 5.56 Å². The van der Waals surface area contributed by atoms with E-state index in [4.69, 9.17) is 4.74 Å². The molecule has 1 aliphatic rings. The SMILES string of the molecule is CNC1C(c2ccc(OC)cc2)C1(C)C. The summed E-state index contributed by atoms with van der Waals surface area (Å²) >= 11 is 0. The second-order valence-corrected chi connectivity index (χ2v) is 4.84. The largest absolute Gasteiger partial charge is 0.497 e. The normalized spacial score (nSPS) is 27.5. The molecule has 15 heavy (non-hydrogen) atoms. The lowest BCUT2D eigenvalue weighted by Crippen LogP contribution is -2.14. The second kappa shape index (κ2) is 3.53. The minimum absolute atomic E-state index is 0.378. The Morgan fingerprint density at radius 1 is 1.20 bits per heavy atom. The zero-order valence-electron chi connectivity index (χ0n) is 9.87. The molecule has 1 aromatic rings. The van der Waals surface area contributed by atoms with Crippen LogP contribution in [0.4, 0.5) is 0 Å². The highest BCUT2D eigenvalue weighted by atomic mass is 16.5. The third kappa shape index (κ3) is 1.63. The Morgan fingerprint density at radius 3 is 2.20 bits per heavy atom. The fourth-order valence-electron chi connectivity index (χ4n) is 2.61. The Hall–Kier alpha value is -1.02. The molecule has 0 aliphatic heterocycles. The summed E-state index contributed by atoms with van der Waals surface area (Å²) in [5.74, 6) is 1.56. The number of benzene rings is 1. The van der Waals surface area contributed by atoms with Crippen molar-refractivity contribution >= 4 is 0 Å². The molecule has 1 saturated carbocycles. The summed E-state index contributed by atoms with van der Waals surface area (Å²) in [6.07, 6.45) is 0. The van der Waals surface area contributed by atoms with Crippen molar-refractivity contribution in [3.05, 3.63) is 29.8 Å². The molecule has 2 rings (SSSR count). The van der Waals surface area contributed by atoms with Crippen LogP contribution in [0, 0.1) is 5.41 Å². The number of ether oxygens (including phenoxy) is 1. The summed E-state index contributed by atoms with van der Waals surface area (Å²) in [6.45, 7) is 4.62. The second-order valence-electron chi connectivity index (χ2n) is 4.84. The first-order chi connectivity index (χ1) is 7.11. The molecule has 1 aromatic carbocycles. The molecule has 1 N–H and O–H groups in total. The Morgan fingerprint density at radius 2 is 1.80 bits per heavy atom. The van der Waals surface area contributed by atoms with Crippen LogP contribution in [0.1, 0.15) is 25.3 Å². The van der Waals surface area contributed by atoms with E-state index >= 15 is 0 Å². The third-order valence-corrected chi connectivity index (χ3v) is 3.61. The van der Waals surface area contributed by atoms with Gasteiger partial charge in [0.2, 0.25) is 0 Å². The average Bonchev–Trinajstić information content (AvgIpc) is 2.80. The maximum atomic E-state index is 5.16. The average molecular weight is 205 g/mol. The van der Waals surface area contributed by atoms with E-state index in [9.17, 15) is 0 Å². The molecule has 1 aliphatic carbocycles. The highest BCUT2D eigenvalue weighted by Gasteiger charge is 2.57. The maximum absolute atomic E-state index is 5.16. The molecule has 2 nitrogen and oxygen atoms in total. The van der Waals surface area contributed by atoms with E-state index in [0.29, 0.717) is 17.4 Å². The van der Waals surface area contributed by atoms with Crippen LogP contribution in [-0.4, -0.2) is 20.2 Å². The Kier molecular flexibility index (Phi) is 2.47. The predicted octanol–water partition coefficient (Wildman–Crippen LogP) is 2.41. The lowest BCUT2D eigenvalue weighted by molar-refractivity contribution is 0.414. The topological polar surface area (TPSA) is 21.3 Å². The highest BCUT2D eigenvalue weighted by molar-refractivity contribution is 5.37. The Balaban J connectivity index is 2.18. The number of methoxy groups -OCH3 is 1. The fraction of sp³-hybridized carbons (Fsp3) is 0.538. The van der Waals surface area contributed by atoms with Crippen LogP contribution in [0.15, 0.2) is 24.3 Å². The van der Waals surface area contributed by atoms with Crippen molar-refractivity contribution in [1.82, 2.24) is 5.32 Å². The molecule has 2 atom stereocenters. The summed E-state index contributed by atoms with van der Waals surface area (Å²) in [4.78, 5) is 0. The number of hydrogen-bond acceptors (Lipinski definition) is 2. The van der Waals surface area contributed by atoms with Crippen molar-refractivity contribution in [2.75, 3.05) is 14.2 Å². The van der Waals surface area contributed by atoms with Gasteiger partial charge in [-0.15, -0.1) is 0 Å². The van der Waals surface area contributed by atoms with Crippen LogP contribution in [0.5, 0.6) is 5.75 Å². The number of likely N-dealkylation sites (N-methyl/N-ethyl adjacent to an activating group) is 1. The summed E-state index contributed by atoms with van der Waals surface area (Å²) in [5.41, 5.74) is 1.78. The Bertz CT molecular complexity index is 342. The zero-order chi connectivity index (χ0) is 11.1. The molecule has 0 aromatic heterocycles. The zero-order valence-corrected chi connectivity index (χ0v) is 9.87. The molecular formula is C13H19NO. The van der Waals surface area contributed by atoms with Gasteiger partial charge in [0.15, 0.2) is 0 Å². The highest BCUT2D eigenvalue weighted by Crippen LogP contribution is 2.58. The van der Waals surface area contributed by atoms with Crippen molar-refractivity contribution in [3.8, 4) is 5.75 Å². The van der Waals surface area contributed by atoms with Crippen LogP contribution >= 0.6 is 0 Å². The van der Waals surface area contributed by atoms with Gasteiger partial charge in [-0.3, -0.25) is 0 Å². The van der Waals surface area contributed by atoms with Crippen LogP contribution in [0.2, 0.25) is 0 Å². The quantitative estimate of drug-likeness (QED) is 0.818. The first-order valence-corrected chi connectivity index (χ1v) is 5.42. The van der Waals surface area contributed by atoms with E-state index in [1.54, 1.807) is 7.11 Å². The minimum atomic E-state index is 0.378. The minimum Gasteiger partial charge on any atom is -0.497 e. The van der Waals surface area contributed by atoms with Gasteiger partial charge in [0.05, 0.1) is 7.11 Å². The van der Waals surface area contributed by atoms with E-state index in [2.05, 4.69) is 31.3 Å². The van der Waals surface area contributed by atoms with Gasteiger partial charge in [0, 0.05) is 12.0 Å². The van der Waals surface area contributed by atoms with Crippen LogP contribution < -0.4 is 10.1 Å². The molecule has 0 bridgehead atoms. The molecule has 2 heteroatoms. The molecule has 82 valence electrons. The van der Waals surface area contributed by atoms with Gasteiger partial charge < -0.3 is 10.1 Å². The summed E-state index contributed by atoms with van der Waals surface area (Å²) in [5, 5.41) is 3.38. The maximum Gasteiger partial charge on any atom is 0.118 e. The molecular weight excluding hydrogens is 186 g/mol. The van der Waals surface area contributed by atoms with Crippen molar-refractivity contribution in [2.24, 2.45) is 5.41 Å². The first kappa shape index (κ1) is 10.5. The van der Waals surface area contributed by atoms with Crippen LogP contribution in [0.3, 0.4) is 0 Å². The standard InChI is InChI=1S/C13H19NO/c1-13(2)11(12(13)14-3)9-5-7-10(15-4)8-6-9/h5-8,11-12,14H,1-4H3. The van der Waals surface area contributed by atoms with Gasteiger partial charge >= 0.3 is 0 Å². The number of nitrogens with one attached hydrogen (secondary N) is 1. The van der Waals surface area contributed by atoms with Crippen molar-refractivity contribution < 1.29 is 4.74 Å². The van der Waals surface area contributed by atoms with Gasteiger partial charge in [-0.2, -0.15) is 0 Å². The number of rotatable bonds is 3. The number of hydrogen-bond donors (Lipinski definition) is 1. The summed E-state index contributed by atoms with van der Waals surface area (Å²) < 4.78 is 5.16. The van der Waals surface area contributed by atoms with Gasteiger partial charge in [-0.1, -0.05) is 26.0 Å². The summed E-state index contributed by atoms with van der Waals surface area (Å²) in [7, 11) is 3.74. The molecule has 0 saturated heterocycles. The smallest absolute Gasteiger partial charge is 0.118 e. The van der Waals surface area contributed by atoms with Crippen LogP contribution in [-0.2, 0) is 0 Å². The van der Waals surface area contributed by atoms with Gasteiger partial charge in [-0.25, -0.2) is 0 Å². The van der Waals surface area contributed by atoms with E-state index in [-0.39, 0.29) is 0 Å². The van der Waals surface area contributed by atoms with E-state index < -0.39 is 0 Å². The lowest BCUT2D eigenvalue weighted by Gasteiger charge is -2.04. The Labute approximate surface area is 91.6 Å². The predicted molar refractivity (Wildman–Crippen MR) is 62.4 cm³/mol. The van der Waals surface area contributed by atoms with Crippen molar-refractivity contribution in [2.45, 2.75) is 25.8 Å². The van der Waals surface area contributed by atoms with Crippen LogP contribution in [0.25, 0.3) is 0 Å². The molecule has 2 unspecified atom stereocenters. The molecule has 0 heterocycles. The van der Waals surface area contributed by atoms with E-state index in [0.717, 1.165) is 5.75 Å². The molecule has 1 fully saturated rings. The fourth-order valence-corrected chi connectivity index (χ4v) is 2.61. The van der Waals surface area contributed by atoms with Crippen molar-refractivity contribution in [1.29, 1.82) is 0 Å². The van der Waals surface area contributed by atoms with Crippen molar-refractivity contribution in [3.63, 3.8) is 0 Å².